The van der Waals surface area contributed by atoms with Crippen molar-refractivity contribution in [3.8, 4) is 0 Å². The molecule has 1 N–H and O–H groups in total. The third-order valence-electron chi connectivity index (χ3n) is 11.3. The van der Waals surface area contributed by atoms with E-state index in [1.807, 2.05) is 0 Å². The molecule has 0 aromatic heterocycles. The Bertz CT molecular complexity index is 622. The van der Waals surface area contributed by atoms with Crippen molar-refractivity contribution in [2.45, 2.75) is 112 Å². The molecule has 4 fully saturated rings. The van der Waals surface area contributed by atoms with Crippen molar-refractivity contribution >= 4 is 0 Å². The summed E-state index contributed by atoms with van der Waals surface area (Å²) in [6, 6.07) is 0. The zero-order chi connectivity index (χ0) is 21.7. The Morgan fingerprint density at radius 3 is 2.27 bits per heavy atom. The molecule has 4 aliphatic carbocycles. The van der Waals surface area contributed by atoms with Crippen LogP contribution in [-0.2, 0) is 0 Å². The molecule has 0 saturated heterocycles. The van der Waals surface area contributed by atoms with E-state index in [4.69, 9.17) is 0 Å². The SMILES string of the molecule is CC[C@H](/C=C/[C@@H](C)C1CCC2C3CCC4C[C@@H](O)CC[C@]4(C)C3CC[C@@]21C)C(C)C. The van der Waals surface area contributed by atoms with Crippen molar-refractivity contribution in [1.82, 2.24) is 0 Å². The van der Waals surface area contributed by atoms with Gasteiger partial charge in [0.15, 0.2) is 0 Å². The molecule has 1 heteroatoms. The lowest BCUT2D eigenvalue weighted by Crippen LogP contribution is -2.54. The quantitative estimate of drug-likeness (QED) is 0.454. The molecule has 1 nitrogen and oxygen atoms in total. The topological polar surface area (TPSA) is 20.2 Å². The first-order chi connectivity index (χ1) is 14.2. The Kier molecular flexibility index (Phi) is 6.53. The normalized spacial score (nSPS) is 48.3. The fourth-order valence-corrected chi connectivity index (χ4v) is 9.42. The van der Waals surface area contributed by atoms with E-state index in [0.717, 1.165) is 60.2 Å². The average Bonchev–Trinajstić information content (AvgIpc) is 3.06. The summed E-state index contributed by atoms with van der Waals surface area (Å²) >= 11 is 0. The van der Waals surface area contributed by atoms with Gasteiger partial charge in [0.1, 0.15) is 0 Å². The van der Waals surface area contributed by atoms with Crippen molar-refractivity contribution in [2.24, 2.45) is 58.2 Å². The number of aliphatic hydroxyl groups excluding tert-OH is 1. The van der Waals surface area contributed by atoms with Gasteiger partial charge in [0.05, 0.1) is 6.10 Å². The van der Waals surface area contributed by atoms with E-state index in [1.54, 1.807) is 0 Å². The molecule has 30 heavy (non-hydrogen) atoms. The van der Waals surface area contributed by atoms with Gasteiger partial charge in [-0.3, -0.25) is 0 Å². The Morgan fingerprint density at radius 1 is 0.867 bits per heavy atom. The molecule has 10 atom stereocenters. The highest BCUT2D eigenvalue weighted by Crippen LogP contribution is 2.68. The summed E-state index contributed by atoms with van der Waals surface area (Å²) in [4.78, 5) is 0. The molecule has 0 amide bonds. The summed E-state index contributed by atoms with van der Waals surface area (Å²) in [5.41, 5.74) is 1.07. The first kappa shape index (κ1) is 22.9. The van der Waals surface area contributed by atoms with Crippen LogP contribution in [0.4, 0.5) is 0 Å². The van der Waals surface area contributed by atoms with Crippen LogP contribution < -0.4 is 0 Å². The molecule has 4 rings (SSSR count). The highest BCUT2D eigenvalue weighted by molar-refractivity contribution is 5.11. The summed E-state index contributed by atoms with van der Waals surface area (Å²) in [5.74, 6) is 6.72. The Balaban J connectivity index is 1.49. The molecule has 0 aliphatic heterocycles. The predicted molar refractivity (Wildman–Crippen MR) is 128 cm³/mol. The lowest BCUT2D eigenvalue weighted by molar-refractivity contribution is -0.128. The maximum atomic E-state index is 10.3. The van der Waals surface area contributed by atoms with Crippen LogP contribution in [0.15, 0.2) is 12.2 Å². The zero-order valence-electron chi connectivity index (χ0n) is 20.9. The second kappa shape index (κ2) is 8.57. The lowest BCUT2D eigenvalue weighted by atomic mass is 9.44. The molecule has 0 radical (unpaired) electrons. The zero-order valence-corrected chi connectivity index (χ0v) is 20.9. The molecule has 0 spiro atoms. The minimum absolute atomic E-state index is 0.0187. The standard InChI is InChI=1S/C29H50O/c1-7-21(19(2)3)9-8-20(4)25-12-13-26-24-11-10-22-18-23(30)14-16-28(22,5)27(24)15-17-29(25,26)6/h8-9,19-27,30H,7,10-18H2,1-6H3/b9-8+/t20-,21-,22?,23+,24?,25?,26?,27?,28+,29-/m1/s1. The van der Waals surface area contributed by atoms with Crippen LogP contribution in [0, 0.1) is 58.2 Å². The number of hydrogen-bond donors (Lipinski definition) is 1. The van der Waals surface area contributed by atoms with Gasteiger partial charge in [0.25, 0.3) is 0 Å². The minimum atomic E-state index is -0.0187. The number of aliphatic hydroxyl groups is 1. The summed E-state index contributed by atoms with van der Waals surface area (Å²) in [7, 11) is 0. The van der Waals surface area contributed by atoms with Gasteiger partial charge < -0.3 is 5.11 Å². The van der Waals surface area contributed by atoms with Crippen molar-refractivity contribution in [2.75, 3.05) is 0 Å². The maximum absolute atomic E-state index is 10.3. The van der Waals surface area contributed by atoms with Crippen molar-refractivity contribution in [1.29, 1.82) is 0 Å². The van der Waals surface area contributed by atoms with Crippen LogP contribution in [-0.4, -0.2) is 11.2 Å². The molecule has 4 aliphatic rings. The highest BCUT2D eigenvalue weighted by atomic mass is 16.3. The van der Waals surface area contributed by atoms with Crippen molar-refractivity contribution in [3.63, 3.8) is 0 Å². The van der Waals surface area contributed by atoms with Gasteiger partial charge in [-0.1, -0.05) is 53.7 Å². The Labute approximate surface area is 187 Å². The van der Waals surface area contributed by atoms with E-state index in [-0.39, 0.29) is 6.10 Å². The van der Waals surface area contributed by atoms with E-state index in [9.17, 15) is 5.11 Å². The summed E-state index contributed by atoms with van der Waals surface area (Å²) < 4.78 is 0. The molecular formula is C29H50O. The van der Waals surface area contributed by atoms with Crippen LogP contribution >= 0.6 is 0 Å². The van der Waals surface area contributed by atoms with Gasteiger partial charge in [-0.15, -0.1) is 0 Å². The first-order valence-corrected chi connectivity index (χ1v) is 13.6. The number of hydrogen-bond acceptors (Lipinski definition) is 1. The third kappa shape index (κ3) is 3.74. The molecule has 0 aromatic carbocycles. The molecule has 4 saturated carbocycles. The lowest BCUT2D eigenvalue weighted by Gasteiger charge is -2.61. The maximum Gasteiger partial charge on any atom is 0.0543 e. The summed E-state index contributed by atoms with van der Waals surface area (Å²) in [5, 5.41) is 10.3. The van der Waals surface area contributed by atoms with Gasteiger partial charge in [0, 0.05) is 0 Å². The van der Waals surface area contributed by atoms with E-state index in [1.165, 1.54) is 51.4 Å². The van der Waals surface area contributed by atoms with Crippen molar-refractivity contribution < 1.29 is 5.11 Å². The van der Waals surface area contributed by atoms with E-state index in [2.05, 4.69) is 53.7 Å². The first-order valence-electron chi connectivity index (χ1n) is 13.6. The second-order valence-electron chi connectivity index (χ2n) is 12.9. The van der Waals surface area contributed by atoms with E-state index in [0.29, 0.717) is 10.8 Å². The largest absolute Gasteiger partial charge is 0.393 e. The smallest absolute Gasteiger partial charge is 0.0543 e. The van der Waals surface area contributed by atoms with Crippen LogP contribution in [0.5, 0.6) is 0 Å². The Hall–Kier alpha value is -0.300. The molecule has 0 bridgehead atoms. The van der Waals surface area contributed by atoms with Gasteiger partial charge in [-0.25, -0.2) is 0 Å². The monoisotopic (exact) mass is 414 g/mol. The fraction of sp³-hybridized carbons (Fsp3) is 0.931. The number of rotatable bonds is 5. The third-order valence-corrected chi connectivity index (χ3v) is 11.3. The van der Waals surface area contributed by atoms with Crippen molar-refractivity contribution in [3.05, 3.63) is 12.2 Å². The van der Waals surface area contributed by atoms with Crippen LogP contribution in [0.2, 0.25) is 0 Å². The van der Waals surface area contributed by atoms with Gasteiger partial charge >= 0.3 is 0 Å². The molecular weight excluding hydrogens is 364 g/mol. The average molecular weight is 415 g/mol. The Morgan fingerprint density at radius 2 is 1.57 bits per heavy atom. The molecule has 172 valence electrons. The van der Waals surface area contributed by atoms with Gasteiger partial charge in [0.2, 0.25) is 0 Å². The highest BCUT2D eigenvalue weighted by Gasteiger charge is 2.60. The van der Waals surface area contributed by atoms with E-state index < -0.39 is 0 Å². The van der Waals surface area contributed by atoms with Gasteiger partial charge in [-0.05, 0) is 122 Å². The predicted octanol–water partition coefficient (Wildman–Crippen LogP) is 7.88. The van der Waals surface area contributed by atoms with Crippen LogP contribution in [0.1, 0.15) is 106 Å². The number of allylic oxidation sites excluding steroid dienone is 2. The molecule has 0 heterocycles. The minimum Gasteiger partial charge on any atom is -0.393 e. The van der Waals surface area contributed by atoms with Crippen LogP contribution in [0.3, 0.4) is 0 Å². The molecule has 0 aromatic rings. The van der Waals surface area contributed by atoms with Gasteiger partial charge in [-0.2, -0.15) is 0 Å². The molecule has 5 unspecified atom stereocenters. The number of fused-ring (bicyclic) bond motifs is 5. The van der Waals surface area contributed by atoms with E-state index >= 15 is 0 Å². The summed E-state index contributed by atoms with van der Waals surface area (Å²) in [6.45, 7) is 14.9. The fourth-order valence-electron chi connectivity index (χ4n) is 9.42. The van der Waals surface area contributed by atoms with Crippen LogP contribution in [0.25, 0.3) is 0 Å². The summed E-state index contributed by atoms with van der Waals surface area (Å²) in [6.07, 6.45) is 18.5. The second-order valence-corrected chi connectivity index (χ2v) is 12.9.